The molecule has 202 valence electrons. The molecule has 0 radical (unpaired) electrons. The molecule has 0 aliphatic heterocycles. The maximum absolute atomic E-state index is 13.7. The van der Waals surface area contributed by atoms with Gasteiger partial charge in [-0.3, -0.25) is 9.97 Å². The third-order valence-corrected chi connectivity index (χ3v) is 9.30. The van der Waals surface area contributed by atoms with Crippen molar-refractivity contribution in [3.05, 3.63) is 53.5 Å². The SMILES string of the molecule is Cn1nnc(-c2ccc(N[C@@H]3Cc4cc5cnc(C6CC6)cc5c(S(=O)(=O)NC5CC(F)(F)C5)c4C3)cn2)n1. The van der Waals surface area contributed by atoms with Crippen LogP contribution in [0.1, 0.15) is 48.4 Å². The number of aromatic nitrogens is 6. The van der Waals surface area contributed by atoms with Gasteiger partial charge in [0.2, 0.25) is 15.8 Å². The van der Waals surface area contributed by atoms with Crippen LogP contribution in [0.2, 0.25) is 0 Å². The highest BCUT2D eigenvalue weighted by Crippen LogP contribution is 2.43. The highest BCUT2D eigenvalue weighted by atomic mass is 32.2. The monoisotopic (exact) mass is 552 g/mol. The van der Waals surface area contributed by atoms with Gasteiger partial charge in [-0.15, -0.1) is 10.2 Å². The number of benzene rings is 1. The quantitative estimate of drug-likeness (QED) is 0.357. The van der Waals surface area contributed by atoms with Gasteiger partial charge in [0.25, 0.3) is 5.92 Å². The van der Waals surface area contributed by atoms with Gasteiger partial charge in [0.1, 0.15) is 5.69 Å². The third-order valence-electron chi connectivity index (χ3n) is 7.66. The Kier molecular flexibility index (Phi) is 5.47. The first-order valence-electron chi connectivity index (χ1n) is 13.0. The standard InChI is InChI=1S/C26H26F2N8O2S/c1-36-33-25(32-35-36)22-5-4-17(13-30-22)31-18-7-15-6-16-12-29-23(14-2-3-14)9-21(16)24(20(15)8-18)39(37,38)34-19-10-26(27,28)11-19/h4-6,9,12-14,18-19,31,34H,2-3,7-8,10-11H2,1H3/t18-/m1/s1. The summed E-state index contributed by atoms with van der Waals surface area (Å²) in [5.41, 5.74) is 3.88. The number of halogens is 2. The van der Waals surface area contributed by atoms with Gasteiger partial charge in [0.15, 0.2) is 0 Å². The number of rotatable bonds is 7. The molecule has 4 aromatic rings. The zero-order valence-corrected chi connectivity index (χ0v) is 21.9. The number of alkyl halides is 2. The highest BCUT2D eigenvalue weighted by molar-refractivity contribution is 7.89. The van der Waals surface area contributed by atoms with Gasteiger partial charge >= 0.3 is 0 Å². The second-order valence-electron chi connectivity index (χ2n) is 10.8. The number of tetrazole rings is 1. The van der Waals surface area contributed by atoms with Crippen molar-refractivity contribution in [2.45, 2.75) is 67.3 Å². The van der Waals surface area contributed by atoms with Crippen LogP contribution < -0.4 is 10.0 Å². The Hall–Kier alpha value is -3.58. The number of nitrogens with zero attached hydrogens (tertiary/aromatic N) is 6. The molecule has 3 aliphatic carbocycles. The first kappa shape index (κ1) is 24.5. The number of fused-ring (bicyclic) bond motifs is 2. The molecule has 3 heterocycles. The molecule has 39 heavy (non-hydrogen) atoms. The van der Waals surface area contributed by atoms with Crippen molar-refractivity contribution in [2.24, 2.45) is 7.05 Å². The van der Waals surface area contributed by atoms with Crippen LogP contribution >= 0.6 is 0 Å². The number of anilines is 1. The fourth-order valence-corrected chi connectivity index (χ4v) is 7.36. The molecule has 3 aliphatic rings. The predicted molar refractivity (Wildman–Crippen MR) is 139 cm³/mol. The Morgan fingerprint density at radius 2 is 1.87 bits per heavy atom. The van der Waals surface area contributed by atoms with Crippen molar-refractivity contribution in [2.75, 3.05) is 5.32 Å². The topological polar surface area (TPSA) is 128 Å². The average Bonchev–Trinajstić information content (AvgIpc) is 3.51. The number of pyridine rings is 2. The minimum Gasteiger partial charge on any atom is -0.380 e. The van der Waals surface area contributed by atoms with Crippen LogP contribution in [-0.4, -0.2) is 56.6 Å². The van der Waals surface area contributed by atoms with E-state index < -0.39 is 34.8 Å². The van der Waals surface area contributed by atoms with Gasteiger partial charge in [0.05, 0.1) is 23.8 Å². The van der Waals surface area contributed by atoms with Crippen LogP contribution in [0.5, 0.6) is 0 Å². The van der Waals surface area contributed by atoms with Crippen LogP contribution in [0.25, 0.3) is 22.3 Å². The van der Waals surface area contributed by atoms with Gasteiger partial charge in [-0.05, 0) is 66.3 Å². The largest absolute Gasteiger partial charge is 0.380 e. The molecule has 1 atom stereocenters. The minimum absolute atomic E-state index is 0.0723. The lowest BCUT2D eigenvalue weighted by atomic mass is 9.89. The Morgan fingerprint density at radius 1 is 1.05 bits per heavy atom. The lowest BCUT2D eigenvalue weighted by Crippen LogP contribution is -2.50. The van der Waals surface area contributed by atoms with E-state index in [-0.39, 0.29) is 10.9 Å². The fourth-order valence-electron chi connectivity index (χ4n) is 5.64. The van der Waals surface area contributed by atoms with E-state index in [1.54, 1.807) is 25.5 Å². The van der Waals surface area contributed by atoms with Gasteiger partial charge < -0.3 is 5.32 Å². The maximum atomic E-state index is 13.7. The van der Waals surface area contributed by atoms with Gasteiger partial charge in [0, 0.05) is 53.5 Å². The summed E-state index contributed by atoms with van der Waals surface area (Å²) in [6, 6.07) is 6.71. The van der Waals surface area contributed by atoms with Crippen molar-refractivity contribution in [1.29, 1.82) is 0 Å². The van der Waals surface area contributed by atoms with E-state index in [1.165, 1.54) is 4.80 Å². The molecule has 2 fully saturated rings. The molecule has 0 unspecified atom stereocenters. The van der Waals surface area contributed by atoms with E-state index in [9.17, 15) is 17.2 Å². The van der Waals surface area contributed by atoms with Crippen LogP contribution in [0.4, 0.5) is 14.5 Å². The molecular formula is C26H26F2N8O2S. The Morgan fingerprint density at radius 3 is 2.54 bits per heavy atom. The Balaban J connectivity index is 1.20. The molecule has 10 nitrogen and oxygen atoms in total. The third kappa shape index (κ3) is 4.63. The molecular weight excluding hydrogens is 526 g/mol. The van der Waals surface area contributed by atoms with E-state index in [0.717, 1.165) is 40.7 Å². The van der Waals surface area contributed by atoms with Crippen LogP contribution in [0, 0.1) is 0 Å². The lowest BCUT2D eigenvalue weighted by Gasteiger charge is -2.35. The summed E-state index contributed by atoms with van der Waals surface area (Å²) in [5.74, 6) is -2.05. The molecule has 3 aromatic heterocycles. The van der Waals surface area contributed by atoms with Crippen molar-refractivity contribution in [1.82, 2.24) is 34.9 Å². The number of nitrogens with one attached hydrogen (secondary N) is 2. The molecule has 1 aromatic carbocycles. The second kappa shape index (κ2) is 8.71. The molecule has 0 bridgehead atoms. The number of hydrogen-bond donors (Lipinski definition) is 2. The smallest absolute Gasteiger partial charge is 0.251 e. The van der Waals surface area contributed by atoms with Crippen LogP contribution in [0.3, 0.4) is 0 Å². The molecule has 7 rings (SSSR count). The zero-order chi connectivity index (χ0) is 26.9. The van der Waals surface area contributed by atoms with Crippen LogP contribution in [0.15, 0.2) is 41.6 Å². The van der Waals surface area contributed by atoms with Crippen molar-refractivity contribution in [3.8, 4) is 11.5 Å². The van der Waals surface area contributed by atoms with E-state index >= 15 is 0 Å². The normalized spacial score (nSPS) is 20.6. The van der Waals surface area contributed by atoms with E-state index in [1.807, 2.05) is 18.2 Å². The lowest BCUT2D eigenvalue weighted by molar-refractivity contribution is -0.0876. The molecule has 2 saturated carbocycles. The molecule has 0 spiro atoms. The van der Waals surface area contributed by atoms with Crippen molar-refractivity contribution in [3.63, 3.8) is 0 Å². The van der Waals surface area contributed by atoms with E-state index in [0.29, 0.717) is 35.7 Å². The zero-order valence-electron chi connectivity index (χ0n) is 21.1. The number of hydrogen-bond acceptors (Lipinski definition) is 8. The Bertz CT molecular complexity index is 1700. The number of sulfonamides is 1. The van der Waals surface area contributed by atoms with E-state index in [4.69, 9.17) is 0 Å². The predicted octanol–water partition coefficient (Wildman–Crippen LogP) is 3.35. The molecule has 0 amide bonds. The fraction of sp³-hybridized carbons (Fsp3) is 0.423. The van der Waals surface area contributed by atoms with E-state index in [2.05, 4.69) is 35.4 Å². The molecule has 2 N–H and O–H groups in total. The van der Waals surface area contributed by atoms with Crippen LogP contribution in [-0.2, 0) is 29.9 Å². The number of aryl methyl sites for hydroxylation is 1. The first-order chi connectivity index (χ1) is 18.6. The average molecular weight is 553 g/mol. The summed E-state index contributed by atoms with van der Waals surface area (Å²) in [6.45, 7) is 0. The van der Waals surface area contributed by atoms with Gasteiger partial charge in [-0.25, -0.2) is 21.9 Å². The highest BCUT2D eigenvalue weighted by Gasteiger charge is 2.47. The Labute approximate surface area is 223 Å². The summed E-state index contributed by atoms with van der Waals surface area (Å²) in [5, 5.41) is 16.8. The first-order valence-corrected chi connectivity index (χ1v) is 14.4. The van der Waals surface area contributed by atoms with Gasteiger partial charge in [-0.2, -0.15) is 4.80 Å². The summed E-state index contributed by atoms with van der Waals surface area (Å²) in [7, 11) is -2.37. The van der Waals surface area contributed by atoms with Crippen molar-refractivity contribution >= 4 is 26.5 Å². The second-order valence-corrected chi connectivity index (χ2v) is 12.5. The summed E-state index contributed by atoms with van der Waals surface area (Å²) >= 11 is 0. The summed E-state index contributed by atoms with van der Waals surface area (Å²) in [6.07, 6.45) is 5.61. The minimum atomic E-state index is -4.05. The maximum Gasteiger partial charge on any atom is 0.251 e. The molecule has 0 saturated heterocycles. The summed E-state index contributed by atoms with van der Waals surface area (Å²) in [4.78, 5) is 10.6. The summed E-state index contributed by atoms with van der Waals surface area (Å²) < 4.78 is 57.0. The van der Waals surface area contributed by atoms with Crippen molar-refractivity contribution < 1.29 is 17.2 Å². The molecule has 13 heteroatoms. The van der Waals surface area contributed by atoms with Gasteiger partial charge in [-0.1, -0.05) is 0 Å².